The van der Waals surface area contributed by atoms with Gasteiger partial charge in [-0.2, -0.15) is 0 Å². The molecule has 0 aromatic heterocycles. The van der Waals surface area contributed by atoms with Crippen LogP contribution in [-0.4, -0.2) is 43.2 Å². The normalized spacial score (nSPS) is 11.4. The number of hydrogen-bond donors (Lipinski definition) is 3. The molecular formula is C13H21NO4. The summed E-state index contributed by atoms with van der Waals surface area (Å²) in [6.45, 7) is 1.93. The third-order valence-corrected chi connectivity index (χ3v) is 2.89. The summed E-state index contributed by atoms with van der Waals surface area (Å²) in [6, 6.07) is 5.59. The number of benzene rings is 1. The minimum Gasteiger partial charge on any atom is -0.493 e. The topological polar surface area (TPSA) is 71.0 Å². The molecule has 0 aliphatic rings. The van der Waals surface area contributed by atoms with E-state index >= 15 is 0 Å². The Balaban J connectivity index is 2.84. The van der Waals surface area contributed by atoms with Gasteiger partial charge in [-0.1, -0.05) is 12.1 Å². The Morgan fingerprint density at radius 3 is 2.33 bits per heavy atom. The molecule has 0 bridgehead atoms. The second-order valence-corrected chi connectivity index (χ2v) is 4.38. The lowest BCUT2D eigenvalue weighted by atomic mass is 10.0. The van der Waals surface area contributed by atoms with Gasteiger partial charge in [-0.05, 0) is 13.0 Å². The second-order valence-electron chi connectivity index (χ2n) is 4.38. The van der Waals surface area contributed by atoms with E-state index in [9.17, 15) is 10.2 Å². The first kappa shape index (κ1) is 14.8. The van der Waals surface area contributed by atoms with E-state index in [1.165, 1.54) is 0 Å². The fourth-order valence-corrected chi connectivity index (χ4v) is 1.56. The zero-order valence-corrected chi connectivity index (χ0v) is 11.1. The molecule has 5 heteroatoms. The van der Waals surface area contributed by atoms with Crippen molar-refractivity contribution in [2.45, 2.75) is 19.0 Å². The molecule has 18 heavy (non-hydrogen) atoms. The van der Waals surface area contributed by atoms with E-state index in [0.717, 1.165) is 5.56 Å². The first-order valence-electron chi connectivity index (χ1n) is 5.77. The van der Waals surface area contributed by atoms with Gasteiger partial charge in [0.25, 0.3) is 0 Å². The van der Waals surface area contributed by atoms with Crippen molar-refractivity contribution in [2.75, 3.05) is 27.4 Å². The van der Waals surface area contributed by atoms with Crippen LogP contribution in [0.3, 0.4) is 0 Å². The number of aliphatic hydroxyl groups excluding tert-OH is 2. The maximum atomic E-state index is 9.21. The second kappa shape index (κ2) is 6.58. The monoisotopic (exact) mass is 255 g/mol. The molecule has 0 saturated heterocycles. The number of para-hydroxylation sites is 1. The van der Waals surface area contributed by atoms with Crippen LogP contribution in [0.15, 0.2) is 18.2 Å². The Labute approximate surface area is 107 Å². The molecule has 102 valence electrons. The van der Waals surface area contributed by atoms with Crippen molar-refractivity contribution < 1.29 is 19.7 Å². The quantitative estimate of drug-likeness (QED) is 0.663. The standard InChI is InChI=1S/C13H21NO4/c1-13(8-15,9-16)14-7-10-5-4-6-11(17-2)12(10)18-3/h4-6,14-16H,7-9H2,1-3H3. The molecule has 1 aromatic carbocycles. The highest BCUT2D eigenvalue weighted by molar-refractivity contribution is 5.46. The number of rotatable bonds is 7. The van der Waals surface area contributed by atoms with Crippen LogP contribution < -0.4 is 14.8 Å². The molecular weight excluding hydrogens is 234 g/mol. The van der Waals surface area contributed by atoms with Crippen LogP contribution in [0.2, 0.25) is 0 Å². The number of ether oxygens (including phenoxy) is 2. The summed E-state index contributed by atoms with van der Waals surface area (Å²) in [5.41, 5.74) is 0.193. The molecule has 0 spiro atoms. The fraction of sp³-hybridized carbons (Fsp3) is 0.538. The van der Waals surface area contributed by atoms with Gasteiger partial charge in [-0.15, -0.1) is 0 Å². The van der Waals surface area contributed by atoms with Crippen LogP contribution in [0.4, 0.5) is 0 Å². The van der Waals surface area contributed by atoms with Crippen LogP contribution >= 0.6 is 0 Å². The molecule has 0 fully saturated rings. The van der Waals surface area contributed by atoms with Gasteiger partial charge >= 0.3 is 0 Å². The third kappa shape index (κ3) is 3.35. The first-order valence-corrected chi connectivity index (χ1v) is 5.77. The maximum Gasteiger partial charge on any atom is 0.165 e. The Morgan fingerprint density at radius 1 is 1.17 bits per heavy atom. The molecule has 0 unspecified atom stereocenters. The van der Waals surface area contributed by atoms with Crippen LogP contribution in [0.1, 0.15) is 12.5 Å². The van der Waals surface area contributed by atoms with Crippen LogP contribution in [0.25, 0.3) is 0 Å². The molecule has 0 radical (unpaired) electrons. The Hall–Kier alpha value is -1.30. The fourth-order valence-electron chi connectivity index (χ4n) is 1.56. The van der Waals surface area contributed by atoms with E-state index < -0.39 is 5.54 Å². The highest BCUT2D eigenvalue weighted by atomic mass is 16.5. The van der Waals surface area contributed by atoms with E-state index in [1.807, 2.05) is 18.2 Å². The smallest absolute Gasteiger partial charge is 0.165 e. The van der Waals surface area contributed by atoms with Gasteiger partial charge < -0.3 is 25.0 Å². The van der Waals surface area contributed by atoms with Gasteiger partial charge in [0.15, 0.2) is 11.5 Å². The molecule has 0 amide bonds. The molecule has 1 aromatic rings. The highest BCUT2D eigenvalue weighted by Crippen LogP contribution is 2.30. The molecule has 1 rings (SSSR count). The molecule has 3 N–H and O–H groups in total. The van der Waals surface area contributed by atoms with E-state index in [2.05, 4.69) is 5.32 Å². The molecule has 0 heterocycles. The van der Waals surface area contributed by atoms with E-state index in [0.29, 0.717) is 18.0 Å². The number of aliphatic hydroxyl groups is 2. The van der Waals surface area contributed by atoms with Crippen molar-refractivity contribution in [3.05, 3.63) is 23.8 Å². The zero-order valence-electron chi connectivity index (χ0n) is 11.1. The summed E-state index contributed by atoms with van der Waals surface area (Å²) in [4.78, 5) is 0. The maximum absolute atomic E-state index is 9.21. The van der Waals surface area contributed by atoms with Crippen molar-refractivity contribution >= 4 is 0 Å². The van der Waals surface area contributed by atoms with Gasteiger partial charge in [0.2, 0.25) is 0 Å². The van der Waals surface area contributed by atoms with Crippen molar-refractivity contribution in [3.8, 4) is 11.5 Å². The predicted molar refractivity (Wildman–Crippen MR) is 69.0 cm³/mol. The van der Waals surface area contributed by atoms with Crippen LogP contribution in [0.5, 0.6) is 11.5 Å². The summed E-state index contributed by atoms with van der Waals surface area (Å²) in [6.07, 6.45) is 0. The van der Waals surface area contributed by atoms with Gasteiger partial charge in [0.05, 0.1) is 33.0 Å². The lowest BCUT2D eigenvalue weighted by Crippen LogP contribution is -2.48. The molecule has 0 aliphatic heterocycles. The van der Waals surface area contributed by atoms with E-state index in [4.69, 9.17) is 9.47 Å². The number of methoxy groups -OCH3 is 2. The van der Waals surface area contributed by atoms with Crippen molar-refractivity contribution in [3.63, 3.8) is 0 Å². The molecule has 0 atom stereocenters. The third-order valence-electron chi connectivity index (χ3n) is 2.89. The minimum atomic E-state index is -0.714. The van der Waals surface area contributed by atoms with E-state index in [-0.39, 0.29) is 13.2 Å². The zero-order chi connectivity index (χ0) is 13.6. The van der Waals surface area contributed by atoms with Crippen molar-refractivity contribution in [1.29, 1.82) is 0 Å². The molecule has 0 saturated carbocycles. The van der Waals surface area contributed by atoms with Crippen molar-refractivity contribution in [1.82, 2.24) is 5.32 Å². The number of hydrogen-bond acceptors (Lipinski definition) is 5. The summed E-state index contributed by atoms with van der Waals surface area (Å²) in [5.74, 6) is 1.32. The van der Waals surface area contributed by atoms with Gasteiger partial charge in [-0.25, -0.2) is 0 Å². The Kier molecular flexibility index (Phi) is 5.40. The van der Waals surface area contributed by atoms with Crippen LogP contribution in [0, 0.1) is 0 Å². The summed E-state index contributed by atoms with van der Waals surface area (Å²) in [5, 5.41) is 21.5. The minimum absolute atomic E-state index is 0.143. The Morgan fingerprint density at radius 2 is 1.83 bits per heavy atom. The van der Waals surface area contributed by atoms with Gasteiger partial charge in [-0.3, -0.25) is 0 Å². The summed E-state index contributed by atoms with van der Waals surface area (Å²) in [7, 11) is 3.17. The molecule has 5 nitrogen and oxygen atoms in total. The highest BCUT2D eigenvalue weighted by Gasteiger charge is 2.22. The summed E-state index contributed by atoms with van der Waals surface area (Å²) >= 11 is 0. The largest absolute Gasteiger partial charge is 0.493 e. The first-order chi connectivity index (χ1) is 8.60. The van der Waals surface area contributed by atoms with Gasteiger partial charge in [0.1, 0.15) is 0 Å². The summed E-state index contributed by atoms with van der Waals surface area (Å²) < 4.78 is 10.5. The van der Waals surface area contributed by atoms with E-state index in [1.54, 1.807) is 21.1 Å². The van der Waals surface area contributed by atoms with Crippen molar-refractivity contribution in [2.24, 2.45) is 0 Å². The predicted octanol–water partition coefficient (Wildman–Crippen LogP) is 0.537. The van der Waals surface area contributed by atoms with Gasteiger partial charge in [0, 0.05) is 12.1 Å². The SMILES string of the molecule is COc1cccc(CNC(C)(CO)CO)c1OC. The lowest BCUT2D eigenvalue weighted by Gasteiger charge is -2.26. The number of nitrogens with one attached hydrogen (secondary N) is 1. The Bertz CT molecular complexity index is 377. The lowest BCUT2D eigenvalue weighted by molar-refractivity contribution is 0.103. The average molecular weight is 255 g/mol. The average Bonchev–Trinajstić information content (AvgIpc) is 2.44. The van der Waals surface area contributed by atoms with Crippen LogP contribution in [-0.2, 0) is 6.54 Å². The molecule has 0 aliphatic carbocycles.